The van der Waals surface area contributed by atoms with Crippen molar-refractivity contribution < 1.29 is 9.47 Å². The fraction of sp³-hybridized carbons (Fsp3) is 0.769. The molecule has 1 aromatic rings. The molecule has 1 aromatic heterocycles. The number of hydrogen-bond donors (Lipinski definition) is 1. The molecule has 0 spiro atoms. The van der Waals surface area contributed by atoms with E-state index in [1.54, 1.807) is 7.11 Å². The lowest BCUT2D eigenvalue weighted by Gasteiger charge is -2.23. The molecule has 1 N–H and O–H groups in total. The second-order valence-corrected chi connectivity index (χ2v) is 4.67. The first-order valence-corrected chi connectivity index (χ1v) is 6.63. The van der Waals surface area contributed by atoms with Gasteiger partial charge in [-0.15, -0.1) is 0 Å². The average Bonchev–Trinajstić information content (AvgIpc) is 2.77. The van der Waals surface area contributed by atoms with E-state index in [-0.39, 0.29) is 0 Å². The number of aromatic nitrogens is 2. The van der Waals surface area contributed by atoms with Gasteiger partial charge in [-0.3, -0.25) is 4.68 Å². The van der Waals surface area contributed by atoms with Crippen molar-refractivity contribution in [3.05, 3.63) is 17.5 Å². The monoisotopic (exact) mass is 253 g/mol. The fourth-order valence-corrected chi connectivity index (χ4v) is 2.47. The molecule has 0 saturated carbocycles. The van der Waals surface area contributed by atoms with Crippen molar-refractivity contribution >= 4 is 0 Å². The van der Waals surface area contributed by atoms with E-state index in [1.165, 1.54) is 24.1 Å². The van der Waals surface area contributed by atoms with E-state index >= 15 is 0 Å². The zero-order valence-electron chi connectivity index (χ0n) is 11.3. The minimum absolute atomic E-state index is 0.438. The van der Waals surface area contributed by atoms with E-state index in [0.29, 0.717) is 19.3 Å². The zero-order chi connectivity index (χ0) is 12.8. The van der Waals surface area contributed by atoms with Gasteiger partial charge in [0, 0.05) is 38.0 Å². The molecule has 1 heterocycles. The summed E-state index contributed by atoms with van der Waals surface area (Å²) in [5.41, 5.74) is 2.74. The van der Waals surface area contributed by atoms with Crippen molar-refractivity contribution in [2.24, 2.45) is 7.05 Å². The predicted octanol–water partition coefficient (Wildman–Crippen LogP) is 1.05. The molecule has 1 unspecified atom stereocenters. The lowest BCUT2D eigenvalue weighted by molar-refractivity contribution is 0.0708. The average molecular weight is 253 g/mol. The van der Waals surface area contributed by atoms with Crippen LogP contribution in [0.1, 0.15) is 30.1 Å². The molecule has 0 radical (unpaired) electrons. The Bertz CT molecular complexity index is 365. The standard InChI is InChI=1S/C13H23N3O2/c1-16-13-5-3-4-12(11(13)10-15-16)14-6-7-18-9-8-17-2/h10,12,14H,3-9H2,1-2H3. The van der Waals surface area contributed by atoms with E-state index in [0.717, 1.165) is 19.6 Å². The predicted molar refractivity (Wildman–Crippen MR) is 69.6 cm³/mol. The van der Waals surface area contributed by atoms with Crippen LogP contribution in [0.25, 0.3) is 0 Å². The van der Waals surface area contributed by atoms with Crippen molar-refractivity contribution in [2.75, 3.05) is 33.5 Å². The summed E-state index contributed by atoms with van der Waals surface area (Å²) in [4.78, 5) is 0. The van der Waals surface area contributed by atoms with Crippen LogP contribution in [-0.4, -0.2) is 43.3 Å². The van der Waals surface area contributed by atoms with Crippen molar-refractivity contribution in [1.82, 2.24) is 15.1 Å². The van der Waals surface area contributed by atoms with Crippen LogP contribution in [0, 0.1) is 0 Å². The second kappa shape index (κ2) is 6.87. The van der Waals surface area contributed by atoms with Gasteiger partial charge in [0.1, 0.15) is 0 Å². The highest BCUT2D eigenvalue weighted by atomic mass is 16.5. The summed E-state index contributed by atoms with van der Waals surface area (Å²) in [6.45, 7) is 2.94. The van der Waals surface area contributed by atoms with Crippen LogP contribution in [0.5, 0.6) is 0 Å². The Morgan fingerprint density at radius 2 is 2.33 bits per heavy atom. The SMILES string of the molecule is COCCOCCNC1CCCc2c1cnn2C. The summed E-state index contributed by atoms with van der Waals surface area (Å²) in [6, 6.07) is 0.438. The van der Waals surface area contributed by atoms with E-state index < -0.39 is 0 Å². The Balaban J connectivity index is 1.74. The molecular weight excluding hydrogens is 230 g/mol. The van der Waals surface area contributed by atoms with Crippen molar-refractivity contribution in [3.63, 3.8) is 0 Å². The first-order chi connectivity index (χ1) is 8.83. The van der Waals surface area contributed by atoms with Crippen LogP contribution in [0.2, 0.25) is 0 Å². The minimum Gasteiger partial charge on any atom is -0.382 e. The Morgan fingerprint density at radius 3 is 3.17 bits per heavy atom. The smallest absolute Gasteiger partial charge is 0.0700 e. The summed E-state index contributed by atoms with van der Waals surface area (Å²) in [5.74, 6) is 0. The molecule has 1 atom stereocenters. The molecule has 1 aliphatic carbocycles. The highest BCUT2D eigenvalue weighted by Crippen LogP contribution is 2.28. The molecule has 2 rings (SSSR count). The summed E-state index contributed by atoms with van der Waals surface area (Å²) >= 11 is 0. The van der Waals surface area contributed by atoms with Crippen LogP contribution in [0.3, 0.4) is 0 Å². The Morgan fingerprint density at radius 1 is 1.44 bits per heavy atom. The van der Waals surface area contributed by atoms with Crippen LogP contribution in [-0.2, 0) is 22.9 Å². The molecular formula is C13H23N3O2. The van der Waals surface area contributed by atoms with E-state index in [1.807, 2.05) is 17.9 Å². The van der Waals surface area contributed by atoms with Crippen LogP contribution >= 0.6 is 0 Å². The number of nitrogens with zero attached hydrogens (tertiary/aromatic N) is 2. The normalized spacial score (nSPS) is 18.9. The molecule has 0 fully saturated rings. The molecule has 0 aliphatic heterocycles. The number of ether oxygens (including phenoxy) is 2. The van der Waals surface area contributed by atoms with Gasteiger partial charge in [-0.25, -0.2) is 0 Å². The molecule has 5 heteroatoms. The van der Waals surface area contributed by atoms with Crippen LogP contribution < -0.4 is 5.32 Å². The Hall–Kier alpha value is -0.910. The fourth-order valence-electron chi connectivity index (χ4n) is 2.47. The van der Waals surface area contributed by atoms with Gasteiger partial charge in [0.05, 0.1) is 26.0 Å². The zero-order valence-corrected chi connectivity index (χ0v) is 11.3. The van der Waals surface area contributed by atoms with Gasteiger partial charge >= 0.3 is 0 Å². The molecule has 18 heavy (non-hydrogen) atoms. The van der Waals surface area contributed by atoms with Crippen molar-refractivity contribution in [3.8, 4) is 0 Å². The molecule has 0 saturated heterocycles. The van der Waals surface area contributed by atoms with Crippen molar-refractivity contribution in [1.29, 1.82) is 0 Å². The first kappa shape index (κ1) is 13.5. The maximum atomic E-state index is 5.45. The number of hydrogen-bond acceptors (Lipinski definition) is 4. The Labute approximate surface area is 108 Å². The number of aryl methyl sites for hydroxylation is 1. The van der Waals surface area contributed by atoms with E-state index in [9.17, 15) is 0 Å². The highest BCUT2D eigenvalue weighted by Gasteiger charge is 2.22. The number of methoxy groups -OCH3 is 1. The quantitative estimate of drug-likeness (QED) is 0.738. The lowest BCUT2D eigenvalue weighted by atomic mass is 9.93. The number of fused-ring (bicyclic) bond motifs is 1. The molecule has 0 amide bonds. The number of nitrogens with one attached hydrogen (secondary N) is 1. The minimum atomic E-state index is 0.438. The molecule has 5 nitrogen and oxygen atoms in total. The second-order valence-electron chi connectivity index (χ2n) is 4.67. The highest BCUT2D eigenvalue weighted by molar-refractivity contribution is 5.24. The molecule has 0 bridgehead atoms. The van der Waals surface area contributed by atoms with Gasteiger partial charge in [0.15, 0.2) is 0 Å². The van der Waals surface area contributed by atoms with Gasteiger partial charge in [0.2, 0.25) is 0 Å². The van der Waals surface area contributed by atoms with Crippen LogP contribution in [0.15, 0.2) is 6.20 Å². The topological polar surface area (TPSA) is 48.3 Å². The Kier molecular flexibility index (Phi) is 5.16. The molecule has 102 valence electrons. The molecule has 0 aromatic carbocycles. The van der Waals surface area contributed by atoms with E-state index in [4.69, 9.17) is 9.47 Å². The van der Waals surface area contributed by atoms with Crippen LogP contribution in [0.4, 0.5) is 0 Å². The maximum Gasteiger partial charge on any atom is 0.0700 e. The third-order valence-corrected chi connectivity index (χ3v) is 3.44. The van der Waals surface area contributed by atoms with Gasteiger partial charge < -0.3 is 14.8 Å². The summed E-state index contributed by atoms with van der Waals surface area (Å²) in [7, 11) is 3.71. The summed E-state index contributed by atoms with van der Waals surface area (Å²) in [6.07, 6.45) is 5.57. The van der Waals surface area contributed by atoms with Crippen molar-refractivity contribution in [2.45, 2.75) is 25.3 Å². The maximum absolute atomic E-state index is 5.45. The lowest BCUT2D eigenvalue weighted by Crippen LogP contribution is -2.28. The largest absolute Gasteiger partial charge is 0.382 e. The number of rotatable bonds is 7. The van der Waals surface area contributed by atoms with E-state index in [2.05, 4.69) is 10.4 Å². The summed E-state index contributed by atoms with van der Waals surface area (Å²) < 4.78 is 12.4. The van der Waals surface area contributed by atoms with Gasteiger partial charge in [-0.2, -0.15) is 5.10 Å². The summed E-state index contributed by atoms with van der Waals surface area (Å²) in [5, 5.41) is 7.90. The third kappa shape index (κ3) is 3.31. The molecule has 1 aliphatic rings. The van der Waals surface area contributed by atoms with Gasteiger partial charge in [-0.1, -0.05) is 0 Å². The van der Waals surface area contributed by atoms with Gasteiger partial charge in [0.25, 0.3) is 0 Å². The third-order valence-electron chi connectivity index (χ3n) is 3.44. The first-order valence-electron chi connectivity index (χ1n) is 6.63. The van der Waals surface area contributed by atoms with Gasteiger partial charge in [-0.05, 0) is 19.3 Å².